The summed E-state index contributed by atoms with van der Waals surface area (Å²) < 4.78 is 4.18. The fourth-order valence-corrected chi connectivity index (χ4v) is 4.31. The van der Waals surface area contributed by atoms with E-state index in [1.54, 1.807) is 0 Å². The van der Waals surface area contributed by atoms with Gasteiger partial charge in [-0.25, -0.2) is 0 Å². The topological polar surface area (TPSA) is 26.4 Å². The second kappa shape index (κ2) is 5.91. The number of nitrogens with zero attached hydrogens (tertiary/aromatic N) is 2. The van der Waals surface area contributed by atoms with E-state index in [1.165, 1.54) is 22.4 Å². The monoisotopic (exact) mass is 334 g/mol. The van der Waals surface area contributed by atoms with E-state index >= 15 is 0 Å². The Kier molecular flexibility index (Phi) is 3.82. The van der Waals surface area contributed by atoms with Gasteiger partial charge in [-0.3, -0.25) is 9.20 Å². The van der Waals surface area contributed by atoms with Crippen molar-refractivity contribution in [3.63, 3.8) is 0 Å². The highest BCUT2D eigenvalue weighted by Crippen LogP contribution is 2.32. The van der Waals surface area contributed by atoms with Crippen LogP contribution in [-0.4, -0.2) is 8.97 Å². The molecule has 0 fully saturated rings. The maximum absolute atomic E-state index is 13.4. The Morgan fingerprint density at radius 2 is 1.76 bits per heavy atom. The molecular formula is C22H26N2O. The van der Waals surface area contributed by atoms with Gasteiger partial charge < -0.3 is 4.57 Å². The minimum Gasteiger partial charge on any atom is -0.343 e. The van der Waals surface area contributed by atoms with E-state index in [4.69, 9.17) is 0 Å². The lowest BCUT2D eigenvalue weighted by Crippen LogP contribution is -2.42. The Labute approximate surface area is 148 Å². The molecule has 0 aliphatic carbocycles. The van der Waals surface area contributed by atoms with Gasteiger partial charge in [-0.1, -0.05) is 27.7 Å². The molecule has 0 saturated heterocycles. The highest BCUT2D eigenvalue weighted by atomic mass is 16.1. The molecular weight excluding hydrogens is 308 g/mol. The van der Waals surface area contributed by atoms with Crippen molar-refractivity contribution < 1.29 is 0 Å². The molecule has 3 nitrogen and oxygen atoms in total. The average molecular weight is 334 g/mol. The van der Waals surface area contributed by atoms with Gasteiger partial charge in [0.1, 0.15) is 0 Å². The molecule has 1 aliphatic heterocycles. The molecule has 0 N–H and O–H groups in total. The van der Waals surface area contributed by atoms with Crippen LogP contribution >= 0.6 is 0 Å². The van der Waals surface area contributed by atoms with E-state index in [9.17, 15) is 4.79 Å². The van der Waals surface area contributed by atoms with Crippen LogP contribution in [-0.2, 0) is 6.54 Å². The van der Waals surface area contributed by atoms with Crippen molar-refractivity contribution >= 4 is 11.1 Å². The van der Waals surface area contributed by atoms with Crippen molar-refractivity contribution in [3.05, 3.63) is 69.1 Å². The predicted octanol–water partition coefficient (Wildman–Crippen LogP) is 3.94. The van der Waals surface area contributed by atoms with E-state index in [1.807, 2.05) is 16.7 Å². The van der Waals surface area contributed by atoms with Crippen molar-refractivity contribution in [1.29, 1.82) is 0 Å². The van der Waals surface area contributed by atoms with Crippen molar-refractivity contribution in [2.24, 2.45) is 5.92 Å². The summed E-state index contributed by atoms with van der Waals surface area (Å²) in [5, 5.41) is 0.958. The summed E-state index contributed by atoms with van der Waals surface area (Å²) in [6.07, 6.45) is 6.17. The fourth-order valence-electron chi connectivity index (χ4n) is 4.31. The minimum absolute atomic E-state index is 0.143. The van der Waals surface area contributed by atoms with Crippen LogP contribution in [0.1, 0.15) is 63.3 Å². The first-order chi connectivity index (χ1) is 12.1. The summed E-state index contributed by atoms with van der Waals surface area (Å²) in [4.78, 5) is 13.4. The zero-order valence-electron chi connectivity index (χ0n) is 15.5. The van der Waals surface area contributed by atoms with E-state index in [0.717, 1.165) is 30.1 Å². The third kappa shape index (κ3) is 2.21. The van der Waals surface area contributed by atoms with Crippen LogP contribution in [0.25, 0.3) is 11.1 Å². The fraction of sp³-hybridized carbons (Fsp3) is 0.409. The predicted molar refractivity (Wildman–Crippen MR) is 103 cm³/mol. The number of aromatic nitrogens is 2. The van der Waals surface area contributed by atoms with E-state index in [-0.39, 0.29) is 5.56 Å². The van der Waals surface area contributed by atoms with E-state index < -0.39 is 0 Å². The quantitative estimate of drug-likeness (QED) is 0.710. The van der Waals surface area contributed by atoms with E-state index in [2.05, 4.69) is 56.7 Å². The molecule has 0 saturated carbocycles. The Hall–Kier alpha value is -2.29. The van der Waals surface area contributed by atoms with Gasteiger partial charge in [-0.05, 0) is 65.6 Å². The molecule has 3 aromatic rings. The van der Waals surface area contributed by atoms with Gasteiger partial charge in [0.2, 0.25) is 0 Å². The first kappa shape index (κ1) is 16.2. The Morgan fingerprint density at radius 1 is 1.04 bits per heavy atom. The van der Waals surface area contributed by atoms with Gasteiger partial charge in [0.05, 0.1) is 10.7 Å². The SMILES string of the molecule is CCC(C)C1=c2c(c(C(C)CC)c3cccn3c2=O)Cn2cccc21. The number of pyridine rings is 1. The summed E-state index contributed by atoms with van der Waals surface area (Å²) >= 11 is 0. The summed E-state index contributed by atoms with van der Waals surface area (Å²) in [5.41, 5.74) is 6.24. The Morgan fingerprint density at radius 3 is 2.48 bits per heavy atom. The number of rotatable bonds is 4. The zero-order chi connectivity index (χ0) is 17.7. The van der Waals surface area contributed by atoms with Crippen LogP contribution in [0, 0.1) is 5.92 Å². The summed E-state index contributed by atoms with van der Waals surface area (Å²) in [6.45, 7) is 9.75. The van der Waals surface area contributed by atoms with Crippen LogP contribution in [0.15, 0.2) is 41.5 Å². The highest BCUT2D eigenvalue weighted by Gasteiger charge is 2.27. The lowest BCUT2D eigenvalue weighted by Gasteiger charge is -2.27. The number of hydrogen-bond donors (Lipinski definition) is 0. The normalized spacial score (nSPS) is 15.9. The molecule has 4 rings (SSSR count). The van der Waals surface area contributed by atoms with Gasteiger partial charge >= 0.3 is 0 Å². The van der Waals surface area contributed by atoms with Gasteiger partial charge in [-0.15, -0.1) is 0 Å². The molecule has 0 bridgehead atoms. The van der Waals surface area contributed by atoms with Crippen LogP contribution in [0.5, 0.6) is 0 Å². The lowest BCUT2D eigenvalue weighted by molar-refractivity contribution is 0.660. The Balaban J connectivity index is 2.25. The first-order valence-electron chi connectivity index (χ1n) is 9.43. The van der Waals surface area contributed by atoms with Crippen LogP contribution in [0.2, 0.25) is 0 Å². The molecule has 1 aliphatic rings. The minimum atomic E-state index is 0.143. The summed E-state index contributed by atoms with van der Waals surface area (Å²) in [5.74, 6) is 0.792. The average Bonchev–Trinajstić information content (AvgIpc) is 3.28. The third-order valence-electron chi connectivity index (χ3n) is 6.00. The highest BCUT2D eigenvalue weighted by molar-refractivity contribution is 5.71. The van der Waals surface area contributed by atoms with Gasteiger partial charge in [0.25, 0.3) is 5.56 Å². The second-order valence-electron chi connectivity index (χ2n) is 7.39. The molecule has 25 heavy (non-hydrogen) atoms. The van der Waals surface area contributed by atoms with Gasteiger partial charge in [0.15, 0.2) is 0 Å². The molecule has 0 amide bonds. The largest absolute Gasteiger partial charge is 0.343 e. The smallest absolute Gasteiger partial charge is 0.263 e. The van der Waals surface area contributed by atoms with Crippen molar-refractivity contribution in [1.82, 2.24) is 8.97 Å². The van der Waals surface area contributed by atoms with Crippen LogP contribution in [0.3, 0.4) is 0 Å². The molecule has 0 aromatic carbocycles. The maximum Gasteiger partial charge on any atom is 0.263 e. The van der Waals surface area contributed by atoms with Gasteiger partial charge in [0, 0.05) is 24.6 Å². The van der Waals surface area contributed by atoms with Crippen molar-refractivity contribution in [3.8, 4) is 0 Å². The van der Waals surface area contributed by atoms with Gasteiger partial charge in [-0.2, -0.15) is 0 Å². The molecule has 130 valence electrons. The van der Waals surface area contributed by atoms with Crippen molar-refractivity contribution in [2.75, 3.05) is 0 Å². The van der Waals surface area contributed by atoms with Crippen LogP contribution in [0.4, 0.5) is 0 Å². The zero-order valence-corrected chi connectivity index (χ0v) is 15.5. The molecule has 3 heteroatoms. The van der Waals surface area contributed by atoms with E-state index in [0.29, 0.717) is 11.8 Å². The number of fused-ring (bicyclic) bond motifs is 3. The molecule has 2 unspecified atom stereocenters. The molecule has 3 aromatic heterocycles. The summed E-state index contributed by atoms with van der Waals surface area (Å²) in [6, 6.07) is 8.35. The molecule has 2 atom stereocenters. The van der Waals surface area contributed by atoms with Crippen molar-refractivity contribution in [2.45, 2.75) is 53.0 Å². The molecule has 4 heterocycles. The summed E-state index contributed by atoms with van der Waals surface area (Å²) in [7, 11) is 0. The number of hydrogen-bond acceptors (Lipinski definition) is 1. The lowest BCUT2D eigenvalue weighted by atomic mass is 9.85. The molecule has 0 spiro atoms. The maximum atomic E-state index is 13.4. The standard InChI is InChI=1S/C22H26N2O/c1-5-14(3)19-16-13-23-11-7-9-17(23)20(15(4)6-2)21(16)22(25)24-12-8-10-18(19)24/h7-12,14-15H,5-6,13H2,1-4H3. The second-order valence-corrected chi connectivity index (χ2v) is 7.39. The third-order valence-corrected chi connectivity index (χ3v) is 6.00. The Bertz CT molecular complexity index is 1050. The first-order valence-corrected chi connectivity index (χ1v) is 9.43. The van der Waals surface area contributed by atoms with Crippen LogP contribution < -0.4 is 10.8 Å². The molecule has 0 radical (unpaired) electrons.